The fourth-order valence-corrected chi connectivity index (χ4v) is 1.66. The number of likely N-dealkylation sites (N-methyl/N-ethyl adjacent to an activating group) is 2. The van der Waals surface area contributed by atoms with E-state index < -0.39 is 0 Å². The van der Waals surface area contributed by atoms with Gasteiger partial charge in [0.25, 0.3) is 0 Å². The largest absolute Gasteiger partial charge is 0.300 e. The average Bonchev–Trinajstić information content (AvgIpc) is 2.53. The molecule has 0 atom stereocenters. The first-order chi connectivity index (χ1) is 6.26. The number of hydrogen-bond acceptors (Lipinski definition) is 2. The van der Waals surface area contributed by atoms with E-state index in [0.29, 0.717) is 0 Å². The Labute approximate surface area is 81.6 Å². The molecule has 0 aliphatic carbocycles. The van der Waals surface area contributed by atoms with Crippen LogP contribution in [0.3, 0.4) is 0 Å². The minimum Gasteiger partial charge on any atom is -0.300 e. The predicted molar refractivity (Wildman–Crippen MR) is 56.5 cm³/mol. The Kier molecular flexibility index (Phi) is 4.22. The van der Waals surface area contributed by atoms with Crippen LogP contribution in [0, 0.1) is 0 Å². The van der Waals surface area contributed by atoms with E-state index in [1.54, 1.807) is 0 Å². The van der Waals surface area contributed by atoms with Gasteiger partial charge in [-0.1, -0.05) is 13.8 Å². The van der Waals surface area contributed by atoms with Gasteiger partial charge in [0.1, 0.15) is 13.1 Å². The minimum atomic E-state index is 1.17. The Hall–Kier alpha value is -0.570. The minimum absolute atomic E-state index is 1.17. The SMILES string of the molecule is CCN(CC)CCN1C=[N+](C)CC1. The molecule has 0 amide bonds. The Morgan fingerprint density at radius 3 is 2.54 bits per heavy atom. The van der Waals surface area contributed by atoms with Gasteiger partial charge in [0.05, 0.1) is 13.6 Å². The lowest BCUT2D eigenvalue weighted by molar-refractivity contribution is -0.482. The van der Waals surface area contributed by atoms with Gasteiger partial charge in [-0.15, -0.1) is 0 Å². The predicted octanol–water partition coefficient (Wildman–Crippen LogP) is 0.314. The fourth-order valence-electron chi connectivity index (χ4n) is 1.66. The molecule has 1 aliphatic rings. The monoisotopic (exact) mass is 184 g/mol. The molecule has 3 nitrogen and oxygen atoms in total. The zero-order valence-corrected chi connectivity index (χ0v) is 9.16. The van der Waals surface area contributed by atoms with Crippen LogP contribution in [0.25, 0.3) is 0 Å². The molecule has 0 saturated carbocycles. The van der Waals surface area contributed by atoms with Crippen LogP contribution in [-0.4, -0.2) is 67.0 Å². The van der Waals surface area contributed by atoms with Crippen molar-refractivity contribution in [3.8, 4) is 0 Å². The Balaban J connectivity index is 2.18. The standard InChI is InChI=1S/C10H22N3/c1-4-12(5-2)8-9-13-7-6-11(3)10-13/h10H,4-9H2,1-3H3/q+1. The molecule has 13 heavy (non-hydrogen) atoms. The summed E-state index contributed by atoms with van der Waals surface area (Å²) in [6.45, 7) is 11.5. The van der Waals surface area contributed by atoms with E-state index in [9.17, 15) is 0 Å². The molecule has 0 bridgehead atoms. The van der Waals surface area contributed by atoms with Crippen LogP contribution in [0.1, 0.15) is 13.8 Å². The maximum atomic E-state index is 2.46. The van der Waals surface area contributed by atoms with Gasteiger partial charge in [-0.2, -0.15) is 0 Å². The Morgan fingerprint density at radius 1 is 1.38 bits per heavy atom. The summed E-state index contributed by atoms with van der Waals surface area (Å²) in [5.74, 6) is 0. The van der Waals surface area contributed by atoms with Gasteiger partial charge < -0.3 is 4.90 Å². The smallest absolute Gasteiger partial charge is 0.234 e. The second-order valence-corrected chi connectivity index (χ2v) is 3.66. The summed E-state index contributed by atoms with van der Waals surface area (Å²) in [5, 5.41) is 0. The molecule has 0 saturated heterocycles. The number of hydrogen-bond donors (Lipinski definition) is 0. The van der Waals surface area contributed by atoms with Crippen LogP contribution in [0.4, 0.5) is 0 Å². The first-order valence-corrected chi connectivity index (χ1v) is 5.28. The summed E-state index contributed by atoms with van der Waals surface area (Å²) < 4.78 is 2.25. The van der Waals surface area contributed by atoms with Crippen LogP contribution in [0.2, 0.25) is 0 Å². The van der Waals surface area contributed by atoms with Crippen molar-refractivity contribution in [3.63, 3.8) is 0 Å². The third-order valence-electron chi connectivity index (χ3n) is 2.70. The molecule has 0 aromatic heterocycles. The molecule has 1 rings (SSSR count). The fraction of sp³-hybridized carbons (Fsp3) is 0.900. The lowest BCUT2D eigenvalue weighted by Gasteiger charge is -2.18. The normalized spacial score (nSPS) is 16.9. The Bertz CT molecular complexity index is 173. The maximum absolute atomic E-state index is 2.46. The summed E-state index contributed by atoms with van der Waals surface area (Å²) >= 11 is 0. The highest BCUT2D eigenvalue weighted by molar-refractivity contribution is 5.50. The lowest BCUT2D eigenvalue weighted by atomic mass is 10.4. The van der Waals surface area contributed by atoms with Crippen molar-refractivity contribution >= 4 is 6.34 Å². The van der Waals surface area contributed by atoms with Crippen molar-refractivity contribution in [3.05, 3.63) is 0 Å². The molecule has 0 aromatic rings. The van der Waals surface area contributed by atoms with Crippen molar-refractivity contribution in [2.45, 2.75) is 13.8 Å². The first-order valence-electron chi connectivity index (χ1n) is 5.28. The summed E-state index contributed by atoms with van der Waals surface area (Å²) in [4.78, 5) is 4.87. The quantitative estimate of drug-likeness (QED) is 0.569. The highest BCUT2D eigenvalue weighted by Crippen LogP contribution is 1.94. The third-order valence-corrected chi connectivity index (χ3v) is 2.70. The molecule has 0 radical (unpaired) electrons. The Morgan fingerprint density at radius 2 is 2.08 bits per heavy atom. The molecule has 0 aromatic carbocycles. The zero-order valence-electron chi connectivity index (χ0n) is 9.16. The van der Waals surface area contributed by atoms with E-state index in [2.05, 4.69) is 41.6 Å². The average molecular weight is 184 g/mol. The van der Waals surface area contributed by atoms with Crippen molar-refractivity contribution in [2.75, 3.05) is 46.3 Å². The van der Waals surface area contributed by atoms with Crippen LogP contribution < -0.4 is 0 Å². The number of nitrogens with zero attached hydrogens (tertiary/aromatic N) is 3. The zero-order chi connectivity index (χ0) is 9.68. The van der Waals surface area contributed by atoms with Crippen LogP contribution >= 0.6 is 0 Å². The molecule has 1 heterocycles. The van der Waals surface area contributed by atoms with Crippen molar-refractivity contribution in [2.24, 2.45) is 0 Å². The summed E-state index contributed by atoms with van der Waals surface area (Å²) in [6, 6.07) is 0. The van der Waals surface area contributed by atoms with Crippen molar-refractivity contribution in [1.82, 2.24) is 9.80 Å². The van der Waals surface area contributed by atoms with Gasteiger partial charge in [-0.3, -0.25) is 9.48 Å². The second kappa shape index (κ2) is 5.22. The van der Waals surface area contributed by atoms with E-state index in [1.807, 2.05) is 0 Å². The van der Waals surface area contributed by atoms with E-state index in [0.717, 1.165) is 0 Å². The van der Waals surface area contributed by atoms with E-state index in [1.165, 1.54) is 39.3 Å². The molecule has 0 spiro atoms. The topological polar surface area (TPSA) is 9.49 Å². The summed E-state index contributed by atoms with van der Waals surface area (Å²) in [5.41, 5.74) is 0. The molecule has 3 heteroatoms. The van der Waals surface area contributed by atoms with Crippen LogP contribution in [0.15, 0.2) is 0 Å². The molecular weight excluding hydrogens is 162 g/mol. The molecule has 0 fully saturated rings. The number of rotatable bonds is 5. The second-order valence-electron chi connectivity index (χ2n) is 3.66. The van der Waals surface area contributed by atoms with Crippen molar-refractivity contribution in [1.29, 1.82) is 0 Å². The first kappa shape index (κ1) is 10.5. The highest BCUT2D eigenvalue weighted by Gasteiger charge is 2.16. The molecular formula is C10H22N3+. The third kappa shape index (κ3) is 3.35. The van der Waals surface area contributed by atoms with E-state index in [4.69, 9.17) is 0 Å². The van der Waals surface area contributed by atoms with Gasteiger partial charge in [-0.05, 0) is 13.1 Å². The van der Waals surface area contributed by atoms with E-state index >= 15 is 0 Å². The lowest BCUT2D eigenvalue weighted by Crippen LogP contribution is -2.33. The molecule has 0 unspecified atom stereocenters. The highest BCUT2D eigenvalue weighted by atomic mass is 15.3. The molecule has 1 aliphatic heterocycles. The van der Waals surface area contributed by atoms with Gasteiger partial charge in [0.2, 0.25) is 6.34 Å². The van der Waals surface area contributed by atoms with Crippen molar-refractivity contribution < 1.29 is 4.58 Å². The van der Waals surface area contributed by atoms with Crippen LogP contribution in [0.5, 0.6) is 0 Å². The van der Waals surface area contributed by atoms with E-state index in [-0.39, 0.29) is 0 Å². The summed E-state index contributed by atoms with van der Waals surface area (Å²) in [7, 11) is 2.14. The van der Waals surface area contributed by atoms with Gasteiger partial charge in [0.15, 0.2) is 0 Å². The van der Waals surface area contributed by atoms with Crippen LogP contribution in [-0.2, 0) is 0 Å². The molecule has 0 N–H and O–H groups in total. The maximum Gasteiger partial charge on any atom is 0.234 e. The summed E-state index contributed by atoms with van der Waals surface area (Å²) in [6.07, 6.45) is 2.23. The van der Waals surface area contributed by atoms with Gasteiger partial charge >= 0.3 is 0 Å². The van der Waals surface area contributed by atoms with Gasteiger partial charge in [-0.25, -0.2) is 0 Å². The van der Waals surface area contributed by atoms with Gasteiger partial charge in [0, 0.05) is 6.54 Å². The molecule has 76 valence electrons.